The van der Waals surface area contributed by atoms with E-state index < -0.39 is 0 Å². The molecule has 27 heavy (non-hydrogen) atoms. The van der Waals surface area contributed by atoms with Crippen molar-refractivity contribution < 1.29 is 9.18 Å². The van der Waals surface area contributed by atoms with Crippen molar-refractivity contribution in [2.75, 3.05) is 0 Å². The van der Waals surface area contributed by atoms with Crippen molar-refractivity contribution in [1.29, 1.82) is 5.26 Å². The lowest BCUT2D eigenvalue weighted by Gasteiger charge is -2.23. The lowest BCUT2D eigenvalue weighted by molar-refractivity contribution is 0.0724. The van der Waals surface area contributed by atoms with Crippen LogP contribution in [0.25, 0.3) is 0 Å². The quantitative estimate of drug-likeness (QED) is 0.651. The Kier molecular flexibility index (Phi) is 5.80. The second kappa shape index (κ2) is 8.43. The van der Waals surface area contributed by atoms with Crippen molar-refractivity contribution in [2.45, 2.75) is 13.1 Å². The lowest BCUT2D eigenvalue weighted by Crippen LogP contribution is -2.30. The molecule has 3 rings (SSSR count). The fourth-order valence-electron chi connectivity index (χ4n) is 2.64. The average Bonchev–Trinajstić information content (AvgIpc) is 2.67. The molecule has 3 aromatic rings. The monoisotopic (exact) mass is 379 g/mol. The summed E-state index contributed by atoms with van der Waals surface area (Å²) >= 11 is 5.98. The van der Waals surface area contributed by atoms with E-state index in [-0.39, 0.29) is 30.5 Å². The average molecular weight is 380 g/mol. The number of nitriles is 1. The van der Waals surface area contributed by atoms with Crippen LogP contribution in [-0.2, 0) is 13.1 Å². The molecule has 0 N–H and O–H groups in total. The molecular formula is C21H15ClFN3O. The topological polar surface area (TPSA) is 57.0 Å². The van der Waals surface area contributed by atoms with Crippen LogP contribution in [0.15, 0.2) is 66.9 Å². The Bertz CT molecular complexity index is 999. The molecule has 0 saturated heterocycles. The molecular weight excluding hydrogens is 365 g/mol. The number of nitrogens with zero attached hydrogens (tertiary/aromatic N) is 3. The first-order valence-corrected chi connectivity index (χ1v) is 8.57. The summed E-state index contributed by atoms with van der Waals surface area (Å²) in [5.74, 6) is -0.676. The number of hydrogen-bond donors (Lipinski definition) is 0. The zero-order chi connectivity index (χ0) is 19.2. The highest BCUT2D eigenvalue weighted by Gasteiger charge is 2.18. The SMILES string of the molecule is N#Cc1ccc(CN(Cc2cccc(F)c2)C(=O)c2cc(Cl)ccn2)cc1. The van der Waals surface area contributed by atoms with Gasteiger partial charge in [0.1, 0.15) is 11.5 Å². The van der Waals surface area contributed by atoms with Gasteiger partial charge in [-0.15, -0.1) is 0 Å². The molecule has 2 aromatic carbocycles. The highest BCUT2D eigenvalue weighted by Crippen LogP contribution is 2.16. The van der Waals surface area contributed by atoms with Crippen LogP contribution in [0, 0.1) is 17.1 Å². The molecule has 0 radical (unpaired) electrons. The largest absolute Gasteiger partial charge is 0.329 e. The van der Waals surface area contributed by atoms with Gasteiger partial charge in [0, 0.05) is 24.3 Å². The number of benzene rings is 2. The van der Waals surface area contributed by atoms with Gasteiger partial charge in [-0.25, -0.2) is 4.39 Å². The molecule has 6 heteroatoms. The molecule has 0 aliphatic heterocycles. The third-order valence-electron chi connectivity index (χ3n) is 3.95. The molecule has 0 aliphatic rings. The fourth-order valence-corrected chi connectivity index (χ4v) is 2.80. The molecule has 0 bridgehead atoms. The first kappa shape index (κ1) is 18.6. The van der Waals surface area contributed by atoms with Crippen molar-refractivity contribution >= 4 is 17.5 Å². The maximum absolute atomic E-state index is 13.5. The summed E-state index contributed by atoms with van der Waals surface area (Å²) in [5, 5.41) is 9.34. The molecule has 0 aliphatic carbocycles. The van der Waals surface area contributed by atoms with Gasteiger partial charge in [0.2, 0.25) is 0 Å². The van der Waals surface area contributed by atoms with Crippen molar-refractivity contribution in [1.82, 2.24) is 9.88 Å². The van der Waals surface area contributed by atoms with E-state index in [9.17, 15) is 9.18 Å². The van der Waals surface area contributed by atoms with Crippen LogP contribution in [0.4, 0.5) is 4.39 Å². The maximum Gasteiger partial charge on any atom is 0.273 e. The van der Waals surface area contributed by atoms with E-state index >= 15 is 0 Å². The second-order valence-corrected chi connectivity index (χ2v) is 6.40. The Balaban J connectivity index is 1.89. The zero-order valence-electron chi connectivity index (χ0n) is 14.3. The molecule has 134 valence electrons. The highest BCUT2D eigenvalue weighted by atomic mass is 35.5. The summed E-state index contributed by atoms with van der Waals surface area (Å²) < 4.78 is 13.5. The Labute approximate surface area is 161 Å². The number of aromatic nitrogens is 1. The Morgan fingerprint density at radius 3 is 2.48 bits per heavy atom. The van der Waals surface area contributed by atoms with Gasteiger partial charge in [-0.2, -0.15) is 5.26 Å². The van der Waals surface area contributed by atoms with Crippen LogP contribution in [-0.4, -0.2) is 15.8 Å². The van der Waals surface area contributed by atoms with E-state index in [1.54, 1.807) is 47.4 Å². The Hall–Kier alpha value is -3.23. The number of pyridine rings is 1. The summed E-state index contributed by atoms with van der Waals surface area (Å²) in [7, 11) is 0. The van der Waals surface area contributed by atoms with E-state index in [0.717, 1.165) is 5.56 Å². The van der Waals surface area contributed by atoms with Gasteiger partial charge in [0.15, 0.2) is 0 Å². The maximum atomic E-state index is 13.5. The van der Waals surface area contributed by atoms with Gasteiger partial charge in [0.05, 0.1) is 11.6 Å². The molecule has 0 fully saturated rings. The van der Waals surface area contributed by atoms with Crippen molar-refractivity contribution in [3.05, 3.63) is 100 Å². The summed E-state index contributed by atoms with van der Waals surface area (Å²) in [6.07, 6.45) is 1.47. The first-order chi connectivity index (χ1) is 13.0. The predicted molar refractivity (Wildman–Crippen MR) is 100 cm³/mol. The van der Waals surface area contributed by atoms with E-state index in [0.29, 0.717) is 16.1 Å². The Morgan fingerprint density at radius 1 is 1.07 bits per heavy atom. The standard InChI is InChI=1S/C21H15ClFN3O/c22-18-8-9-25-20(11-18)21(27)26(14-17-2-1-3-19(23)10-17)13-16-6-4-15(12-24)5-7-16/h1-11H,13-14H2. The van der Waals surface area contributed by atoms with E-state index in [1.165, 1.54) is 24.4 Å². The number of carbonyl (C=O) groups is 1. The van der Waals surface area contributed by atoms with Crippen molar-refractivity contribution in [2.24, 2.45) is 0 Å². The molecule has 1 heterocycles. The molecule has 0 unspecified atom stereocenters. The number of amides is 1. The number of rotatable bonds is 5. The molecule has 0 saturated carbocycles. The fraction of sp³-hybridized carbons (Fsp3) is 0.0952. The molecule has 0 atom stereocenters. The van der Waals surface area contributed by atoms with Crippen molar-refractivity contribution in [3.8, 4) is 6.07 Å². The minimum atomic E-state index is -0.362. The predicted octanol–water partition coefficient (Wildman–Crippen LogP) is 4.59. The van der Waals surface area contributed by atoms with Crippen LogP contribution >= 0.6 is 11.6 Å². The summed E-state index contributed by atoms with van der Waals surface area (Å²) in [6, 6.07) is 18.2. The number of halogens is 2. The van der Waals surface area contributed by atoms with Crippen LogP contribution in [0.3, 0.4) is 0 Å². The zero-order valence-corrected chi connectivity index (χ0v) is 15.0. The molecule has 1 aromatic heterocycles. The number of hydrogen-bond acceptors (Lipinski definition) is 3. The van der Waals surface area contributed by atoms with E-state index in [2.05, 4.69) is 11.1 Å². The van der Waals surface area contributed by atoms with Gasteiger partial charge in [-0.1, -0.05) is 35.9 Å². The summed E-state index contributed by atoms with van der Waals surface area (Å²) in [5.41, 5.74) is 2.27. The molecule has 1 amide bonds. The van der Waals surface area contributed by atoms with Gasteiger partial charge >= 0.3 is 0 Å². The van der Waals surface area contributed by atoms with Gasteiger partial charge in [0.25, 0.3) is 5.91 Å². The van der Waals surface area contributed by atoms with E-state index in [1.807, 2.05) is 0 Å². The van der Waals surface area contributed by atoms with Crippen LogP contribution in [0.1, 0.15) is 27.2 Å². The van der Waals surface area contributed by atoms with Crippen LogP contribution in [0.5, 0.6) is 0 Å². The van der Waals surface area contributed by atoms with Gasteiger partial charge in [-0.3, -0.25) is 9.78 Å². The minimum absolute atomic E-state index is 0.213. The van der Waals surface area contributed by atoms with Gasteiger partial charge in [-0.05, 0) is 47.5 Å². The first-order valence-electron chi connectivity index (χ1n) is 8.19. The van der Waals surface area contributed by atoms with Crippen LogP contribution < -0.4 is 0 Å². The van der Waals surface area contributed by atoms with Crippen molar-refractivity contribution in [3.63, 3.8) is 0 Å². The minimum Gasteiger partial charge on any atom is -0.329 e. The summed E-state index contributed by atoms with van der Waals surface area (Å²) in [6.45, 7) is 0.500. The van der Waals surface area contributed by atoms with E-state index in [4.69, 9.17) is 16.9 Å². The van der Waals surface area contributed by atoms with Gasteiger partial charge < -0.3 is 4.90 Å². The lowest BCUT2D eigenvalue weighted by atomic mass is 10.1. The smallest absolute Gasteiger partial charge is 0.273 e. The molecule has 4 nitrogen and oxygen atoms in total. The molecule has 0 spiro atoms. The normalized spacial score (nSPS) is 10.3. The highest BCUT2D eigenvalue weighted by molar-refractivity contribution is 6.30. The second-order valence-electron chi connectivity index (χ2n) is 5.96. The summed E-state index contributed by atoms with van der Waals surface area (Å²) in [4.78, 5) is 18.6. The third kappa shape index (κ3) is 4.90. The third-order valence-corrected chi connectivity index (χ3v) is 4.18. The Morgan fingerprint density at radius 2 is 1.81 bits per heavy atom. The van der Waals surface area contributed by atoms with Crippen LogP contribution in [0.2, 0.25) is 5.02 Å². The number of carbonyl (C=O) groups excluding carboxylic acids is 1.